The number of nitrogens with one attached hydrogen (secondary N) is 1. The second-order valence-corrected chi connectivity index (χ2v) is 4.38. The standard InChI is InChI=1S/C12H16ClNO3/c1-7(2)8-4-10(14-6-12(15)16)11(17-3)5-9(8)13/h4-5,7,14H,6H2,1-3H3,(H,15,16). The molecule has 5 heteroatoms. The van der Waals surface area contributed by atoms with Gasteiger partial charge in [0.05, 0.1) is 12.8 Å². The van der Waals surface area contributed by atoms with Crippen LogP contribution in [0.1, 0.15) is 25.3 Å². The first-order valence-corrected chi connectivity index (χ1v) is 5.66. The summed E-state index contributed by atoms with van der Waals surface area (Å²) in [5.74, 6) is -0.118. The van der Waals surface area contributed by atoms with Crippen LogP contribution in [0.25, 0.3) is 0 Å². The molecule has 0 spiro atoms. The highest BCUT2D eigenvalue weighted by Crippen LogP contribution is 2.34. The van der Waals surface area contributed by atoms with Crippen molar-refractivity contribution in [2.75, 3.05) is 19.0 Å². The van der Waals surface area contributed by atoms with E-state index in [2.05, 4.69) is 5.32 Å². The summed E-state index contributed by atoms with van der Waals surface area (Å²) in [7, 11) is 1.52. The van der Waals surface area contributed by atoms with Crippen LogP contribution >= 0.6 is 11.6 Å². The number of ether oxygens (including phenoxy) is 1. The number of anilines is 1. The molecule has 1 aromatic carbocycles. The molecule has 0 unspecified atom stereocenters. The topological polar surface area (TPSA) is 58.6 Å². The Labute approximate surface area is 106 Å². The van der Waals surface area contributed by atoms with Crippen molar-refractivity contribution in [1.29, 1.82) is 0 Å². The summed E-state index contributed by atoms with van der Waals surface area (Å²) in [4.78, 5) is 10.5. The zero-order chi connectivity index (χ0) is 13.0. The summed E-state index contributed by atoms with van der Waals surface area (Å²) >= 11 is 6.11. The van der Waals surface area contributed by atoms with E-state index >= 15 is 0 Å². The van der Waals surface area contributed by atoms with Gasteiger partial charge in [0, 0.05) is 11.1 Å². The van der Waals surface area contributed by atoms with Crippen LogP contribution in [0.2, 0.25) is 5.02 Å². The van der Waals surface area contributed by atoms with E-state index in [9.17, 15) is 4.79 Å². The van der Waals surface area contributed by atoms with Gasteiger partial charge in [0.1, 0.15) is 12.3 Å². The van der Waals surface area contributed by atoms with Gasteiger partial charge >= 0.3 is 5.97 Å². The van der Waals surface area contributed by atoms with Crippen molar-refractivity contribution in [3.8, 4) is 5.75 Å². The number of methoxy groups -OCH3 is 1. The van der Waals surface area contributed by atoms with Gasteiger partial charge in [-0.1, -0.05) is 25.4 Å². The Balaban J connectivity index is 3.07. The molecular weight excluding hydrogens is 242 g/mol. The predicted octanol–water partition coefficient (Wildman–Crippen LogP) is 2.97. The largest absolute Gasteiger partial charge is 0.495 e. The molecule has 0 amide bonds. The van der Waals surface area contributed by atoms with Crippen molar-refractivity contribution >= 4 is 23.3 Å². The molecule has 2 N–H and O–H groups in total. The zero-order valence-electron chi connectivity index (χ0n) is 10.1. The molecule has 0 aromatic heterocycles. The number of carboxylic acid groups (broad SMARTS) is 1. The van der Waals surface area contributed by atoms with Crippen LogP contribution in [-0.4, -0.2) is 24.7 Å². The Morgan fingerprint density at radius 3 is 2.65 bits per heavy atom. The smallest absolute Gasteiger partial charge is 0.322 e. The van der Waals surface area contributed by atoms with Crippen molar-refractivity contribution in [2.45, 2.75) is 19.8 Å². The second kappa shape index (κ2) is 5.77. The number of hydrogen-bond donors (Lipinski definition) is 2. The second-order valence-electron chi connectivity index (χ2n) is 3.98. The van der Waals surface area contributed by atoms with Gasteiger partial charge in [0.25, 0.3) is 0 Å². The van der Waals surface area contributed by atoms with E-state index in [4.69, 9.17) is 21.4 Å². The van der Waals surface area contributed by atoms with Crippen LogP contribution in [0.3, 0.4) is 0 Å². The number of benzene rings is 1. The number of halogens is 1. The summed E-state index contributed by atoms with van der Waals surface area (Å²) in [5.41, 5.74) is 1.60. The SMILES string of the molecule is COc1cc(Cl)c(C(C)C)cc1NCC(=O)O. The van der Waals surface area contributed by atoms with Crippen LogP contribution < -0.4 is 10.1 Å². The van der Waals surface area contributed by atoms with Crippen LogP contribution in [0.4, 0.5) is 5.69 Å². The molecule has 4 nitrogen and oxygen atoms in total. The first-order chi connectivity index (χ1) is 7.95. The molecule has 0 saturated heterocycles. The van der Waals surface area contributed by atoms with Crippen LogP contribution in [-0.2, 0) is 4.79 Å². The fraction of sp³-hybridized carbons (Fsp3) is 0.417. The van der Waals surface area contributed by atoms with Gasteiger partial charge in [-0.25, -0.2) is 0 Å². The van der Waals surface area contributed by atoms with Gasteiger partial charge < -0.3 is 15.2 Å². The van der Waals surface area contributed by atoms with Crippen LogP contribution in [0, 0.1) is 0 Å². The van der Waals surface area contributed by atoms with Crippen molar-refractivity contribution in [2.24, 2.45) is 0 Å². The quantitative estimate of drug-likeness (QED) is 0.851. The molecule has 0 aliphatic rings. The van der Waals surface area contributed by atoms with Gasteiger partial charge in [-0.15, -0.1) is 0 Å². The molecule has 0 atom stereocenters. The van der Waals surface area contributed by atoms with E-state index in [0.717, 1.165) is 5.56 Å². The molecule has 0 aliphatic heterocycles. The highest BCUT2D eigenvalue weighted by Gasteiger charge is 2.12. The van der Waals surface area contributed by atoms with Crippen molar-refractivity contribution in [3.05, 3.63) is 22.7 Å². The summed E-state index contributed by atoms with van der Waals surface area (Å²) in [6.07, 6.45) is 0. The third-order valence-electron chi connectivity index (χ3n) is 2.37. The molecule has 0 fully saturated rings. The van der Waals surface area contributed by atoms with E-state index in [1.807, 2.05) is 19.9 Å². The van der Waals surface area contributed by atoms with Gasteiger partial charge in [-0.05, 0) is 17.5 Å². The number of carboxylic acids is 1. The summed E-state index contributed by atoms with van der Waals surface area (Å²) < 4.78 is 5.15. The molecular formula is C12H16ClNO3. The minimum absolute atomic E-state index is 0.157. The maximum Gasteiger partial charge on any atom is 0.322 e. The Hall–Kier alpha value is -1.42. The number of rotatable bonds is 5. The van der Waals surface area contributed by atoms with Gasteiger partial charge in [0.2, 0.25) is 0 Å². The Morgan fingerprint density at radius 1 is 1.53 bits per heavy atom. The van der Waals surface area contributed by atoms with Crippen molar-refractivity contribution < 1.29 is 14.6 Å². The first-order valence-electron chi connectivity index (χ1n) is 5.28. The maximum absolute atomic E-state index is 10.5. The zero-order valence-corrected chi connectivity index (χ0v) is 10.8. The highest BCUT2D eigenvalue weighted by atomic mass is 35.5. The Morgan fingerprint density at radius 2 is 2.18 bits per heavy atom. The van der Waals surface area contributed by atoms with Gasteiger partial charge in [-0.3, -0.25) is 4.79 Å². The van der Waals surface area contributed by atoms with E-state index in [1.54, 1.807) is 6.07 Å². The summed E-state index contributed by atoms with van der Waals surface area (Å²) in [6, 6.07) is 3.52. The van der Waals surface area contributed by atoms with Gasteiger partial charge in [-0.2, -0.15) is 0 Å². The average Bonchev–Trinajstić information content (AvgIpc) is 2.26. The lowest BCUT2D eigenvalue weighted by Gasteiger charge is -2.15. The maximum atomic E-state index is 10.5. The molecule has 1 rings (SSSR count). The third-order valence-corrected chi connectivity index (χ3v) is 2.70. The molecule has 94 valence electrons. The average molecular weight is 258 g/mol. The molecule has 17 heavy (non-hydrogen) atoms. The number of hydrogen-bond acceptors (Lipinski definition) is 3. The number of carbonyl (C=O) groups is 1. The summed E-state index contributed by atoms with van der Waals surface area (Å²) in [6.45, 7) is 3.89. The Kier molecular flexibility index (Phi) is 4.63. The van der Waals surface area contributed by atoms with E-state index < -0.39 is 5.97 Å². The molecule has 1 aromatic rings. The fourth-order valence-corrected chi connectivity index (χ4v) is 1.86. The normalized spacial score (nSPS) is 10.4. The highest BCUT2D eigenvalue weighted by molar-refractivity contribution is 6.31. The minimum atomic E-state index is -0.923. The fourth-order valence-electron chi connectivity index (χ4n) is 1.49. The molecule has 0 saturated carbocycles. The van der Waals surface area contributed by atoms with Crippen molar-refractivity contribution in [1.82, 2.24) is 0 Å². The van der Waals surface area contributed by atoms with Crippen LogP contribution in [0.5, 0.6) is 5.75 Å². The third kappa shape index (κ3) is 3.53. The number of aliphatic carboxylic acids is 1. The molecule has 0 heterocycles. The first kappa shape index (κ1) is 13.6. The van der Waals surface area contributed by atoms with Gasteiger partial charge in [0.15, 0.2) is 0 Å². The van der Waals surface area contributed by atoms with E-state index in [0.29, 0.717) is 16.5 Å². The Bertz CT molecular complexity index is 418. The van der Waals surface area contributed by atoms with E-state index in [1.165, 1.54) is 7.11 Å². The monoisotopic (exact) mass is 257 g/mol. The minimum Gasteiger partial charge on any atom is -0.495 e. The van der Waals surface area contributed by atoms with Crippen molar-refractivity contribution in [3.63, 3.8) is 0 Å². The molecule has 0 aliphatic carbocycles. The predicted molar refractivity (Wildman–Crippen MR) is 68.2 cm³/mol. The van der Waals surface area contributed by atoms with E-state index in [-0.39, 0.29) is 12.5 Å². The lowest BCUT2D eigenvalue weighted by molar-refractivity contribution is -0.134. The lowest BCUT2D eigenvalue weighted by atomic mass is 10.0. The van der Waals surface area contributed by atoms with Crippen LogP contribution in [0.15, 0.2) is 12.1 Å². The summed E-state index contributed by atoms with van der Waals surface area (Å²) in [5, 5.41) is 12.1. The molecule has 0 bridgehead atoms. The molecule has 0 radical (unpaired) electrons. The lowest BCUT2D eigenvalue weighted by Crippen LogP contribution is -2.13.